The van der Waals surface area contributed by atoms with Crippen LogP contribution in [0.2, 0.25) is 0 Å². The Labute approximate surface area is 140 Å². The van der Waals surface area contributed by atoms with Crippen LogP contribution in [0.5, 0.6) is 0 Å². The molecular weight excluding hydrogens is 308 g/mol. The normalized spacial score (nSPS) is 18.6. The van der Waals surface area contributed by atoms with Gasteiger partial charge in [-0.25, -0.2) is 0 Å². The van der Waals surface area contributed by atoms with Gasteiger partial charge in [0.15, 0.2) is 11.6 Å². The number of hydrogen-bond acceptors (Lipinski definition) is 7. The van der Waals surface area contributed by atoms with Crippen molar-refractivity contribution in [2.75, 3.05) is 23.3 Å². The average Bonchev–Trinajstić information content (AvgIpc) is 3.22. The van der Waals surface area contributed by atoms with Gasteiger partial charge in [0.25, 0.3) is 0 Å². The maximum Gasteiger partial charge on any atom is 0.242 e. The standard InChI is InChI=1S/C16H22N6O2/c1-11-9-14(21-24-11)19-16(23)12(2)17-10-13-5-4-8-22(13)15-6-3-7-18-20-15/h3,6-7,9,12-13,17H,4-5,8,10H2,1-2H3,(H,19,21,23)/t12-,13-/m1/s1. The molecule has 3 rings (SSSR count). The molecule has 128 valence electrons. The number of aryl methyl sites for hydroxylation is 1. The highest BCUT2D eigenvalue weighted by Gasteiger charge is 2.26. The van der Waals surface area contributed by atoms with Crippen LogP contribution in [0.1, 0.15) is 25.5 Å². The summed E-state index contributed by atoms with van der Waals surface area (Å²) in [6, 6.07) is 5.53. The third kappa shape index (κ3) is 3.88. The van der Waals surface area contributed by atoms with Gasteiger partial charge in [0.2, 0.25) is 5.91 Å². The predicted octanol–water partition coefficient (Wildman–Crippen LogP) is 1.36. The first kappa shape index (κ1) is 16.4. The molecule has 8 nitrogen and oxygen atoms in total. The lowest BCUT2D eigenvalue weighted by Gasteiger charge is -2.26. The van der Waals surface area contributed by atoms with Crippen LogP contribution in [0.3, 0.4) is 0 Å². The molecule has 0 bridgehead atoms. The molecule has 0 unspecified atom stereocenters. The molecule has 2 atom stereocenters. The van der Waals surface area contributed by atoms with Crippen LogP contribution in [0.4, 0.5) is 11.6 Å². The molecule has 0 saturated carbocycles. The summed E-state index contributed by atoms with van der Waals surface area (Å²) >= 11 is 0. The number of anilines is 2. The van der Waals surface area contributed by atoms with E-state index >= 15 is 0 Å². The molecule has 3 heterocycles. The van der Waals surface area contributed by atoms with E-state index in [0.717, 1.165) is 25.2 Å². The average molecular weight is 330 g/mol. The van der Waals surface area contributed by atoms with Crippen molar-refractivity contribution in [1.29, 1.82) is 0 Å². The first-order valence-electron chi connectivity index (χ1n) is 8.15. The Balaban J connectivity index is 1.51. The van der Waals surface area contributed by atoms with E-state index < -0.39 is 0 Å². The second kappa shape index (κ2) is 7.39. The van der Waals surface area contributed by atoms with Gasteiger partial charge in [0.1, 0.15) is 5.76 Å². The first-order valence-corrected chi connectivity index (χ1v) is 8.15. The smallest absolute Gasteiger partial charge is 0.242 e. The number of nitrogens with one attached hydrogen (secondary N) is 2. The first-order chi connectivity index (χ1) is 11.6. The summed E-state index contributed by atoms with van der Waals surface area (Å²) < 4.78 is 4.94. The third-order valence-corrected chi connectivity index (χ3v) is 4.16. The van der Waals surface area contributed by atoms with E-state index in [-0.39, 0.29) is 11.9 Å². The maximum atomic E-state index is 12.2. The van der Waals surface area contributed by atoms with E-state index in [9.17, 15) is 4.79 Å². The summed E-state index contributed by atoms with van der Waals surface area (Å²) in [4.78, 5) is 14.4. The summed E-state index contributed by atoms with van der Waals surface area (Å²) in [5.41, 5.74) is 0. The van der Waals surface area contributed by atoms with Crippen LogP contribution in [0, 0.1) is 6.92 Å². The minimum absolute atomic E-state index is 0.132. The van der Waals surface area contributed by atoms with Gasteiger partial charge in [-0.05, 0) is 38.8 Å². The number of hydrogen-bond donors (Lipinski definition) is 2. The summed E-state index contributed by atoms with van der Waals surface area (Å²) in [6.07, 6.45) is 3.85. The molecule has 1 fully saturated rings. The van der Waals surface area contributed by atoms with Gasteiger partial charge in [0.05, 0.1) is 6.04 Å². The Bertz CT molecular complexity index is 674. The van der Waals surface area contributed by atoms with Crippen molar-refractivity contribution in [2.24, 2.45) is 0 Å². The highest BCUT2D eigenvalue weighted by molar-refractivity contribution is 5.93. The van der Waals surface area contributed by atoms with Crippen molar-refractivity contribution in [3.63, 3.8) is 0 Å². The minimum atomic E-state index is -0.327. The SMILES string of the molecule is Cc1cc(NC(=O)[C@@H](C)NC[C@H]2CCCN2c2cccnn2)no1. The fourth-order valence-corrected chi connectivity index (χ4v) is 2.86. The molecule has 1 aliphatic heterocycles. The molecule has 0 aliphatic carbocycles. The van der Waals surface area contributed by atoms with E-state index in [1.165, 1.54) is 0 Å². The Morgan fingerprint density at radius 2 is 2.42 bits per heavy atom. The molecule has 24 heavy (non-hydrogen) atoms. The number of carbonyl (C=O) groups is 1. The number of carbonyl (C=O) groups excluding carboxylic acids is 1. The number of amides is 1. The molecule has 0 aromatic carbocycles. The lowest BCUT2D eigenvalue weighted by Crippen LogP contribution is -2.45. The van der Waals surface area contributed by atoms with Gasteiger partial charge in [-0.15, -0.1) is 5.10 Å². The molecule has 0 spiro atoms. The van der Waals surface area contributed by atoms with Gasteiger partial charge >= 0.3 is 0 Å². The van der Waals surface area contributed by atoms with Gasteiger partial charge in [-0.2, -0.15) is 5.10 Å². The Morgan fingerprint density at radius 3 is 3.12 bits per heavy atom. The van der Waals surface area contributed by atoms with Crippen molar-refractivity contribution >= 4 is 17.5 Å². The van der Waals surface area contributed by atoms with E-state index in [1.54, 1.807) is 19.2 Å². The molecule has 0 radical (unpaired) electrons. The Morgan fingerprint density at radius 1 is 1.54 bits per heavy atom. The van der Waals surface area contributed by atoms with Gasteiger partial charge < -0.3 is 20.1 Å². The monoisotopic (exact) mass is 330 g/mol. The number of aromatic nitrogens is 3. The summed E-state index contributed by atoms with van der Waals surface area (Å²) in [5, 5.41) is 17.9. The molecule has 2 aromatic heterocycles. The quantitative estimate of drug-likeness (QED) is 0.825. The minimum Gasteiger partial charge on any atom is -0.360 e. The topological polar surface area (TPSA) is 96.2 Å². The van der Waals surface area contributed by atoms with E-state index in [1.807, 2.05) is 19.1 Å². The molecule has 1 saturated heterocycles. The summed E-state index contributed by atoms with van der Waals surface area (Å²) in [6.45, 7) is 5.29. The summed E-state index contributed by atoms with van der Waals surface area (Å²) in [7, 11) is 0. The lowest BCUT2D eigenvalue weighted by molar-refractivity contribution is -0.117. The van der Waals surface area contributed by atoms with Crippen LogP contribution in [0.25, 0.3) is 0 Å². The molecular formula is C16H22N6O2. The molecule has 1 amide bonds. The second-order valence-electron chi connectivity index (χ2n) is 6.01. The number of rotatable bonds is 6. The van der Waals surface area contributed by atoms with Crippen molar-refractivity contribution in [2.45, 2.75) is 38.8 Å². The highest BCUT2D eigenvalue weighted by Crippen LogP contribution is 2.22. The molecule has 8 heteroatoms. The van der Waals surface area contributed by atoms with Gasteiger partial charge in [-0.1, -0.05) is 5.16 Å². The zero-order valence-corrected chi connectivity index (χ0v) is 13.9. The van der Waals surface area contributed by atoms with Crippen LogP contribution < -0.4 is 15.5 Å². The van der Waals surface area contributed by atoms with Crippen molar-refractivity contribution in [1.82, 2.24) is 20.7 Å². The predicted molar refractivity (Wildman–Crippen MR) is 89.7 cm³/mol. The zero-order valence-electron chi connectivity index (χ0n) is 13.9. The van der Waals surface area contributed by atoms with Crippen LogP contribution in [-0.4, -0.2) is 46.4 Å². The maximum absolute atomic E-state index is 12.2. The highest BCUT2D eigenvalue weighted by atomic mass is 16.5. The fraction of sp³-hybridized carbons (Fsp3) is 0.500. The van der Waals surface area contributed by atoms with Gasteiger partial charge in [-0.3, -0.25) is 4.79 Å². The zero-order chi connectivity index (χ0) is 16.9. The molecule has 2 aromatic rings. The fourth-order valence-electron chi connectivity index (χ4n) is 2.86. The molecule has 2 N–H and O–H groups in total. The van der Waals surface area contributed by atoms with Gasteiger partial charge in [0, 0.05) is 31.4 Å². The van der Waals surface area contributed by atoms with Crippen LogP contribution >= 0.6 is 0 Å². The lowest BCUT2D eigenvalue weighted by atomic mass is 10.2. The third-order valence-electron chi connectivity index (χ3n) is 4.16. The Kier molecular flexibility index (Phi) is 5.05. The molecule has 1 aliphatic rings. The van der Waals surface area contributed by atoms with Crippen LogP contribution in [0.15, 0.2) is 28.9 Å². The summed E-state index contributed by atoms with van der Waals surface area (Å²) in [5.74, 6) is 1.86. The van der Waals surface area contributed by atoms with E-state index in [0.29, 0.717) is 24.2 Å². The van der Waals surface area contributed by atoms with E-state index in [4.69, 9.17) is 4.52 Å². The largest absolute Gasteiger partial charge is 0.360 e. The van der Waals surface area contributed by atoms with Crippen molar-refractivity contribution in [3.05, 3.63) is 30.2 Å². The van der Waals surface area contributed by atoms with Crippen molar-refractivity contribution in [3.8, 4) is 0 Å². The van der Waals surface area contributed by atoms with Crippen LogP contribution in [-0.2, 0) is 4.79 Å². The van der Waals surface area contributed by atoms with Crippen molar-refractivity contribution < 1.29 is 9.32 Å². The van der Waals surface area contributed by atoms with E-state index in [2.05, 4.69) is 30.9 Å². The Hall–Kier alpha value is -2.48. The number of nitrogens with zero attached hydrogens (tertiary/aromatic N) is 4. The second-order valence-corrected chi connectivity index (χ2v) is 6.01.